The second-order valence-corrected chi connectivity index (χ2v) is 14.8. The Hall–Kier alpha value is -7.34. The van der Waals surface area contributed by atoms with Crippen LogP contribution in [0.15, 0.2) is 179 Å². The molecule has 0 N–H and O–H groups in total. The molecule has 3 heterocycles. The van der Waals surface area contributed by atoms with E-state index in [2.05, 4.69) is 127 Å². The number of rotatable bonds is 4. The third-order valence-electron chi connectivity index (χ3n) is 11.2. The average Bonchev–Trinajstić information content (AvgIpc) is 3.84. The van der Waals surface area contributed by atoms with Crippen LogP contribution >= 0.6 is 11.6 Å². The smallest absolute Gasteiger partial charge is 0.226 e. The quantitative estimate of drug-likeness (QED) is 0.168. The van der Waals surface area contributed by atoms with Crippen molar-refractivity contribution >= 4 is 87.8 Å². The van der Waals surface area contributed by atoms with Crippen LogP contribution in [0.4, 0.5) is 0 Å². The van der Waals surface area contributed by atoms with Gasteiger partial charge in [-0.15, -0.1) is 0 Å². The molecule has 0 fully saturated rings. The molecule has 0 spiro atoms. The minimum atomic E-state index is 0.121. The highest BCUT2D eigenvalue weighted by atomic mass is 35.5. The fourth-order valence-electron chi connectivity index (χ4n) is 8.79. The van der Waals surface area contributed by atoms with Gasteiger partial charge in [0.15, 0.2) is 11.6 Å². The molecule has 0 saturated carbocycles. The van der Waals surface area contributed by atoms with Crippen molar-refractivity contribution in [2.45, 2.75) is 0 Å². The highest BCUT2D eigenvalue weighted by Crippen LogP contribution is 2.44. The molecule has 0 bridgehead atoms. The van der Waals surface area contributed by atoms with E-state index in [-0.39, 0.29) is 5.28 Å². The first kappa shape index (κ1) is 32.0. The standard InChI is InChI=1S/C51H28ClN3O2/c52-51-54-49(38-20-10-19-36-34-15-5-4-14-32(34)33-16-6-7-17-35(33)46(36)38)53-50(55-51)39-21-11-23-44-48(39)41-26-30(24-25-43(41)56-44)31-27-40(29-12-2-1-3-13-29)47-37-18-8-9-22-42(37)57-45(47)28-31/h1-28H. The van der Waals surface area contributed by atoms with Crippen molar-refractivity contribution in [1.82, 2.24) is 15.0 Å². The van der Waals surface area contributed by atoms with Gasteiger partial charge in [-0.05, 0) is 97.2 Å². The second kappa shape index (κ2) is 12.3. The van der Waals surface area contributed by atoms with Gasteiger partial charge in [0.1, 0.15) is 22.3 Å². The number of benzene rings is 9. The SMILES string of the molecule is Clc1nc(-c2cccc3oc4ccc(-c5cc(-c6ccccc6)c6c(c5)oc5ccccc56)cc4c23)nc(-c2cccc3c4ccccc4c4ccccc4c23)n1. The maximum Gasteiger partial charge on any atom is 0.226 e. The van der Waals surface area contributed by atoms with Crippen molar-refractivity contribution in [1.29, 1.82) is 0 Å². The average molecular weight is 750 g/mol. The normalized spacial score (nSPS) is 11.9. The first-order chi connectivity index (χ1) is 28.2. The van der Waals surface area contributed by atoms with E-state index in [1.165, 1.54) is 16.2 Å². The van der Waals surface area contributed by atoms with Crippen LogP contribution < -0.4 is 0 Å². The van der Waals surface area contributed by atoms with Crippen LogP contribution in [-0.2, 0) is 0 Å². The zero-order valence-electron chi connectivity index (χ0n) is 30.2. The summed E-state index contributed by atoms with van der Waals surface area (Å²) in [4.78, 5) is 14.6. The molecule has 3 aromatic heterocycles. The Morgan fingerprint density at radius 1 is 0.316 bits per heavy atom. The first-order valence-corrected chi connectivity index (χ1v) is 19.2. The Morgan fingerprint density at radius 2 is 0.860 bits per heavy atom. The Bertz CT molecular complexity index is 3560. The Balaban J connectivity index is 1.06. The Morgan fingerprint density at radius 3 is 1.61 bits per heavy atom. The molecule has 0 aliphatic rings. The number of aromatic nitrogens is 3. The zero-order valence-corrected chi connectivity index (χ0v) is 31.0. The van der Waals surface area contributed by atoms with Gasteiger partial charge in [-0.2, -0.15) is 9.97 Å². The highest BCUT2D eigenvalue weighted by Gasteiger charge is 2.21. The summed E-state index contributed by atoms with van der Waals surface area (Å²) in [6, 6.07) is 58.8. The zero-order chi connectivity index (χ0) is 37.6. The molecule has 12 aromatic rings. The number of hydrogen-bond acceptors (Lipinski definition) is 5. The lowest BCUT2D eigenvalue weighted by Crippen LogP contribution is -1.98. The largest absolute Gasteiger partial charge is 0.456 e. The molecular formula is C51H28ClN3O2. The monoisotopic (exact) mass is 749 g/mol. The highest BCUT2D eigenvalue weighted by molar-refractivity contribution is 6.29. The van der Waals surface area contributed by atoms with Crippen LogP contribution in [0.2, 0.25) is 5.28 Å². The maximum atomic E-state index is 6.81. The molecule has 12 rings (SSSR count). The molecular weight excluding hydrogens is 722 g/mol. The second-order valence-electron chi connectivity index (χ2n) is 14.4. The summed E-state index contributed by atoms with van der Waals surface area (Å²) in [6.07, 6.45) is 0. The molecule has 0 saturated heterocycles. The van der Waals surface area contributed by atoms with Crippen molar-refractivity contribution in [2.24, 2.45) is 0 Å². The predicted octanol–water partition coefficient (Wildman–Crippen LogP) is 14.5. The van der Waals surface area contributed by atoms with Crippen LogP contribution in [-0.4, -0.2) is 15.0 Å². The van der Waals surface area contributed by atoms with E-state index in [1.807, 2.05) is 42.5 Å². The minimum absolute atomic E-state index is 0.121. The van der Waals surface area contributed by atoms with Crippen molar-refractivity contribution in [2.75, 3.05) is 0 Å². The van der Waals surface area contributed by atoms with E-state index >= 15 is 0 Å². The van der Waals surface area contributed by atoms with Gasteiger partial charge in [-0.25, -0.2) is 4.98 Å². The summed E-state index contributed by atoms with van der Waals surface area (Å²) in [6.45, 7) is 0. The van der Waals surface area contributed by atoms with Crippen molar-refractivity contribution in [3.63, 3.8) is 0 Å². The number of fused-ring (bicyclic) bond motifs is 12. The number of para-hydroxylation sites is 1. The van der Waals surface area contributed by atoms with E-state index in [0.717, 1.165) is 93.4 Å². The van der Waals surface area contributed by atoms with Crippen molar-refractivity contribution < 1.29 is 8.83 Å². The predicted molar refractivity (Wildman–Crippen MR) is 234 cm³/mol. The maximum absolute atomic E-state index is 6.81. The van der Waals surface area contributed by atoms with Crippen LogP contribution in [0.5, 0.6) is 0 Å². The summed E-state index contributed by atoms with van der Waals surface area (Å²) >= 11 is 6.81. The summed E-state index contributed by atoms with van der Waals surface area (Å²) in [5.74, 6) is 0.981. The topological polar surface area (TPSA) is 65.0 Å². The Kier molecular flexibility index (Phi) is 6.92. The summed E-state index contributed by atoms with van der Waals surface area (Å²) in [5, 5.41) is 11.1. The van der Waals surface area contributed by atoms with Gasteiger partial charge in [0.2, 0.25) is 5.28 Å². The molecule has 0 unspecified atom stereocenters. The van der Waals surface area contributed by atoms with Gasteiger partial charge in [-0.3, -0.25) is 0 Å². The summed E-state index contributed by atoms with van der Waals surface area (Å²) in [5.41, 5.74) is 9.22. The van der Waals surface area contributed by atoms with Gasteiger partial charge >= 0.3 is 0 Å². The molecule has 9 aromatic carbocycles. The van der Waals surface area contributed by atoms with E-state index < -0.39 is 0 Å². The third-order valence-corrected chi connectivity index (χ3v) is 11.4. The lowest BCUT2D eigenvalue weighted by molar-refractivity contribution is 0.669. The first-order valence-electron chi connectivity index (χ1n) is 18.9. The van der Waals surface area contributed by atoms with Gasteiger partial charge in [-0.1, -0.05) is 133 Å². The molecule has 0 aliphatic carbocycles. The van der Waals surface area contributed by atoms with Crippen LogP contribution in [0.3, 0.4) is 0 Å². The number of halogens is 1. The van der Waals surface area contributed by atoms with Crippen LogP contribution in [0, 0.1) is 0 Å². The summed E-state index contributed by atoms with van der Waals surface area (Å²) < 4.78 is 13.0. The van der Waals surface area contributed by atoms with E-state index in [9.17, 15) is 0 Å². The van der Waals surface area contributed by atoms with E-state index in [1.54, 1.807) is 0 Å². The molecule has 0 radical (unpaired) electrons. The third kappa shape index (κ3) is 4.93. The number of hydrogen-bond donors (Lipinski definition) is 0. The number of furan rings is 2. The van der Waals surface area contributed by atoms with Crippen molar-refractivity contribution in [3.8, 4) is 45.0 Å². The van der Waals surface area contributed by atoms with Crippen molar-refractivity contribution in [3.05, 3.63) is 175 Å². The molecule has 0 atom stereocenters. The van der Waals surface area contributed by atoms with Crippen LogP contribution in [0.25, 0.3) is 121 Å². The molecule has 0 aliphatic heterocycles. The number of nitrogens with zero attached hydrogens (tertiary/aromatic N) is 3. The molecule has 266 valence electrons. The molecule has 5 nitrogen and oxygen atoms in total. The van der Waals surface area contributed by atoms with Gasteiger partial charge in [0.25, 0.3) is 0 Å². The van der Waals surface area contributed by atoms with E-state index in [4.69, 9.17) is 35.4 Å². The fourth-order valence-corrected chi connectivity index (χ4v) is 8.95. The van der Waals surface area contributed by atoms with Gasteiger partial charge in [0.05, 0.1) is 0 Å². The lowest BCUT2D eigenvalue weighted by Gasteiger charge is -2.14. The van der Waals surface area contributed by atoms with Gasteiger partial charge in [0, 0.05) is 38.1 Å². The fraction of sp³-hybridized carbons (Fsp3) is 0. The van der Waals surface area contributed by atoms with Crippen LogP contribution in [0.1, 0.15) is 0 Å². The Labute approximate surface area is 330 Å². The van der Waals surface area contributed by atoms with E-state index in [0.29, 0.717) is 11.6 Å². The summed E-state index contributed by atoms with van der Waals surface area (Å²) in [7, 11) is 0. The molecule has 6 heteroatoms. The minimum Gasteiger partial charge on any atom is -0.456 e. The van der Waals surface area contributed by atoms with Gasteiger partial charge < -0.3 is 8.83 Å². The lowest BCUT2D eigenvalue weighted by atomic mass is 9.91. The molecule has 57 heavy (non-hydrogen) atoms. The molecule has 0 amide bonds.